The number of hydrogen-bond donors (Lipinski definition) is 2. The second-order valence-electron chi connectivity index (χ2n) is 5.71. The van der Waals surface area contributed by atoms with Crippen LogP contribution in [-0.2, 0) is 6.18 Å². The summed E-state index contributed by atoms with van der Waals surface area (Å²) in [4.78, 5) is 11.2. The minimum absolute atomic E-state index is 0.245. The van der Waals surface area contributed by atoms with Crippen LogP contribution < -0.4 is 10.1 Å². The zero-order chi connectivity index (χ0) is 18.9. The van der Waals surface area contributed by atoms with E-state index in [-0.39, 0.29) is 5.75 Å². The van der Waals surface area contributed by atoms with Crippen LogP contribution in [0, 0.1) is 0 Å². The Morgan fingerprint density at radius 2 is 1.70 bits per heavy atom. The van der Waals surface area contributed by atoms with Crippen molar-refractivity contribution < 1.29 is 17.9 Å². The number of H-pyrrole nitrogens is 1. The summed E-state index contributed by atoms with van der Waals surface area (Å²) in [7, 11) is 0. The highest BCUT2D eigenvalue weighted by Crippen LogP contribution is 2.36. The first-order valence-electron chi connectivity index (χ1n) is 8.01. The smallest absolute Gasteiger partial charge is 0.421 e. The molecule has 8 heteroatoms. The lowest BCUT2D eigenvalue weighted by molar-refractivity contribution is -0.138. The fraction of sp³-hybridized carbons (Fsp3) is 0.0526. The molecule has 27 heavy (non-hydrogen) atoms. The van der Waals surface area contributed by atoms with Gasteiger partial charge in [-0.1, -0.05) is 12.1 Å². The second-order valence-corrected chi connectivity index (χ2v) is 5.71. The Morgan fingerprint density at radius 3 is 2.44 bits per heavy atom. The number of nitrogens with zero attached hydrogens (tertiary/aromatic N) is 2. The SMILES string of the molecule is FC(F)(F)c1cccnc1Oc1ccc(Nc2nc3ccccc3[nH]2)cc1. The molecule has 0 saturated heterocycles. The predicted octanol–water partition coefficient (Wildman–Crippen LogP) is 5.51. The van der Waals surface area contributed by atoms with Crippen LogP contribution >= 0.6 is 0 Å². The maximum atomic E-state index is 13.0. The van der Waals surface area contributed by atoms with Crippen LogP contribution in [0.1, 0.15) is 5.56 Å². The van der Waals surface area contributed by atoms with Crippen LogP contribution in [0.5, 0.6) is 11.6 Å². The molecule has 2 aromatic heterocycles. The summed E-state index contributed by atoms with van der Waals surface area (Å²) in [5, 5.41) is 3.10. The van der Waals surface area contributed by atoms with E-state index in [1.54, 1.807) is 24.3 Å². The molecule has 2 aromatic carbocycles. The first-order valence-corrected chi connectivity index (χ1v) is 8.01. The number of imidazole rings is 1. The number of benzene rings is 2. The molecular formula is C19H13F3N4O. The highest BCUT2D eigenvalue weighted by Gasteiger charge is 2.35. The van der Waals surface area contributed by atoms with Gasteiger partial charge in [-0.15, -0.1) is 0 Å². The van der Waals surface area contributed by atoms with Gasteiger partial charge >= 0.3 is 6.18 Å². The summed E-state index contributed by atoms with van der Waals surface area (Å²) >= 11 is 0. The van der Waals surface area contributed by atoms with Crippen molar-refractivity contribution in [1.82, 2.24) is 15.0 Å². The van der Waals surface area contributed by atoms with Crippen molar-refractivity contribution in [2.45, 2.75) is 6.18 Å². The predicted molar refractivity (Wildman–Crippen MR) is 95.1 cm³/mol. The molecule has 0 unspecified atom stereocenters. The van der Waals surface area contributed by atoms with Crippen LogP contribution in [0.25, 0.3) is 11.0 Å². The Kier molecular flexibility index (Phi) is 4.15. The van der Waals surface area contributed by atoms with E-state index in [2.05, 4.69) is 20.3 Å². The largest absolute Gasteiger partial charge is 0.438 e. The lowest BCUT2D eigenvalue weighted by Crippen LogP contribution is -2.08. The molecule has 2 heterocycles. The summed E-state index contributed by atoms with van der Waals surface area (Å²) in [6.07, 6.45) is -3.28. The fourth-order valence-corrected chi connectivity index (χ4v) is 2.55. The number of aromatic nitrogens is 3. The first-order chi connectivity index (χ1) is 13.0. The molecular weight excluding hydrogens is 357 g/mol. The average Bonchev–Trinajstić information content (AvgIpc) is 3.05. The number of nitrogens with one attached hydrogen (secondary N) is 2. The number of halogens is 3. The molecule has 0 atom stereocenters. The first kappa shape index (κ1) is 16.9. The van der Waals surface area contributed by atoms with Crippen LogP contribution in [0.2, 0.25) is 0 Å². The molecule has 0 spiro atoms. The number of anilines is 2. The number of aromatic amines is 1. The second kappa shape index (κ2) is 6.64. The molecule has 0 amide bonds. The lowest BCUT2D eigenvalue weighted by atomic mass is 10.2. The van der Waals surface area contributed by atoms with Gasteiger partial charge in [0.25, 0.3) is 0 Å². The Labute approximate surface area is 151 Å². The van der Waals surface area contributed by atoms with E-state index >= 15 is 0 Å². The van der Waals surface area contributed by atoms with Crippen molar-refractivity contribution >= 4 is 22.7 Å². The zero-order valence-corrected chi connectivity index (χ0v) is 13.8. The monoisotopic (exact) mass is 370 g/mol. The number of alkyl halides is 3. The van der Waals surface area contributed by atoms with Crippen molar-refractivity contribution in [3.05, 3.63) is 72.4 Å². The van der Waals surface area contributed by atoms with E-state index in [0.717, 1.165) is 17.1 Å². The maximum Gasteiger partial charge on any atom is 0.421 e. The molecule has 0 radical (unpaired) electrons. The molecule has 136 valence electrons. The average molecular weight is 370 g/mol. The fourth-order valence-electron chi connectivity index (χ4n) is 2.55. The summed E-state index contributed by atoms with van der Waals surface area (Å²) in [6, 6.07) is 16.2. The van der Waals surface area contributed by atoms with E-state index in [4.69, 9.17) is 4.74 Å². The van der Waals surface area contributed by atoms with E-state index in [9.17, 15) is 13.2 Å². The molecule has 0 aliphatic rings. The summed E-state index contributed by atoms with van der Waals surface area (Å²) in [5.74, 6) is 0.325. The van der Waals surface area contributed by atoms with Gasteiger partial charge in [-0.05, 0) is 48.5 Å². The Bertz CT molecular complexity index is 1040. The van der Waals surface area contributed by atoms with Crippen LogP contribution in [0.15, 0.2) is 66.9 Å². The van der Waals surface area contributed by atoms with Gasteiger partial charge in [0.15, 0.2) is 0 Å². The highest BCUT2D eigenvalue weighted by molar-refractivity contribution is 5.78. The summed E-state index contributed by atoms with van der Waals surface area (Å²) in [5.41, 5.74) is 1.51. The highest BCUT2D eigenvalue weighted by atomic mass is 19.4. The minimum Gasteiger partial charge on any atom is -0.438 e. The van der Waals surface area contributed by atoms with Crippen molar-refractivity contribution in [3.63, 3.8) is 0 Å². The van der Waals surface area contributed by atoms with Gasteiger partial charge in [0.05, 0.1) is 11.0 Å². The van der Waals surface area contributed by atoms with E-state index in [0.29, 0.717) is 11.6 Å². The molecule has 5 nitrogen and oxygen atoms in total. The minimum atomic E-state index is -4.54. The molecule has 0 aliphatic carbocycles. The third-order valence-electron chi connectivity index (χ3n) is 3.80. The quantitative estimate of drug-likeness (QED) is 0.497. The number of fused-ring (bicyclic) bond motifs is 1. The van der Waals surface area contributed by atoms with Crippen LogP contribution in [0.4, 0.5) is 24.8 Å². The Morgan fingerprint density at radius 1 is 0.926 bits per heavy atom. The number of rotatable bonds is 4. The van der Waals surface area contributed by atoms with Gasteiger partial charge in [0.1, 0.15) is 11.3 Å². The standard InChI is InChI=1S/C19H13F3N4O/c20-19(21,22)14-4-3-11-23-17(14)27-13-9-7-12(8-10-13)24-18-25-15-5-1-2-6-16(15)26-18/h1-11H,(H2,24,25,26). The number of pyridine rings is 1. The third-order valence-corrected chi connectivity index (χ3v) is 3.80. The summed E-state index contributed by atoms with van der Waals surface area (Å²) in [6.45, 7) is 0. The van der Waals surface area contributed by atoms with Gasteiger partial charge < -0.3 is 15.0 Å². The van der Waals surface area contributed by atoms with Gasteiger partial charge in [-0.25, -0.2) is 9.97 Å². The van der Waals surface area contributed by atoms with Gasteiger partial charge in [0, 0.05) is 11.9 Å². The van der Waals surface area contributed by atoms with Crippen molar-refractivity contribution in [2.24, 2.45) is 0 Å². The molecule has 0 fully saturated rings. The molecule has 4 rings (SSSR count). The van der Waals surface area contributed by atoms with Gasteiger partial charge in [-0.2, -0.15) is 13.2 Å². The Hall–Kier alpha value is -3.55. The normalized spacial score (nSPS) is 11.5. The van der Waals surface area contributed by atoms with Crippen molar-refractivity contribution in [1.29, 1.82) is 0 Å². The maximum absolute atomic E-state index is 13.0. The molecule has 2 N–H and O–H groups in total. The van der Waals surface area contributed by atoms with Crippen LogP contribution in [-0.4, -0.2) is 15.0 Å². The number of hydrogen-bond acceptors (Lipinski definition) is 4. The van der Waals surface area contributed by atoms with E-state index in [1.165, 1.54) is 12.3 Å². The van der Waals surface area contributed by atoms with Crippen molar-refractivity contribution in [3.8, 4) is 11.6 Å². The third kappa shape index (κ3) is 3.69. The molecule has 0 aliphatic heterocycles. The van der Waals surface area contributed by atoms with E-state index < -0.39 is 17.6 Å². The van der Waals surface area contributed by atoms with E-state index in [1.807, 2.05) is 24.3 Å². The molecule has 0 bridgehead atoms. The van der Waals surface area contributed by atoms with Crippen LogP contribution in [0.3, 0.4) is 0 Å². The number of para-hydroxylation sites is 2. The Balaban J connectivity index is 1.51. The van der Waals surface area contributed by atoms with Gasteiger partial charge in [-0.3, -0.25) is 0 Å². The number of ether oxygens (including phenoxy) is 1. The molecule has 4 aromatic rings. The lowest BCUT2D eigenvalue weighted by Gasteiger charge is -2.12. The van der Waals surface area contributed by atoms with Gasteiger partial charge in [0.2, 0.25) is 11.8 Å². The molecule has 0 saturated carbocycles. The van der Waals surface area contributed by atoms with Crippen molar-refractivity contribution in [2.75, 3.05) is 5.32 Å². The summed E-state index contributed by atoms with van der Waals surface area (Å²) < 4.78 is 44.3. The topological polar surface area (TPSA) is 62.8 Å². The zero-order valence-electron chi connectivity index (χ0n) is 13.8.